The minimum absolute atomic E-state index is 0.0147. The Balaban J connectivity index is 1.55. The van der Waals surface area contributed by atoms with Crippen LogP contribution in [-0.2, 0) is 0 Å². The fraction of sp³-hybridized carbons (Fsp3) is 0.550. The van der Waals surface area contributed by atoms with Gasteiger partial charge in [0, 0.05) is 51.2 Å². The number of aromatic nitrogens is 3. The van der Waals surface area contributed by atoms with Gasteiger partial charge in [-0.15, -0.1) is 5.10 Å². The van der Waals surface area contributed by atoms with E-state index in [9.17, 15) is 9.18 Å². The number of nitrogens with zero attached hydrogens (tertiary/aromatic N) is 5. The normalized spacial score (nSPS) is 20.9. The Morgan fingerprint density at radius 3 is 2.68 bits per heavy atom. The second-order valence-corrected chi connectivity index (χ2v) is 7.79. The Kier molecular flexibility index (Phi) is 5.41. The molecule has 1 aromatic heterocycles. The summed E-state index contributed by atoms with van der Waals surface area (Å²) in [5.74, 6) is 0.197. The molecule has 7 nitrogen and oxygen atoms in total. The van der Waals surface area contributed by atoms with E-state index >= 15 is 0 Å². The molecule has 0 radical (unpaired) electrons. The highest BCUT2D eigenvalue weighted by Gasteiger charge is 2.33. The zero-order valence-electron chi connectivity index (χ0n) is 16.4. The Morgan fingerprint density at radius 1 is 1.21 bits per heavy atom. The van der Waals surface area contributed by atoms with Gasteiger partial charge in [-0.2, -0.15) is 0 Å². The number of halogens is 1. The predicted octanol–water partition coefficient (Wildman–Crippen LogP) is 1.65. The molecule has 0 spiro atoms. The van der Waals surface area contributed by atoms with Crippen molar-refractivity contribution < 1.29 is 9.18 Å². The number of amides is 1. The molecular formula is C20H27FN6O. The Hall–Kier alpha value is -2.32. The summed E-state index contributed by atoms with van der Waals surface area (Å²) >= 11 is 0. The van der Waals surface area contributed by atoms with Crippen LogP contribution in [0.2, 0.25) is 0 Å². The van der Waals surface area contributed by atoms with Crippen LogP contribution >= 0.6 is 0 Å². The molecule has 2 aromatic rings. The van der Waals surface area contributed by atoms with Crippen molar-refractivity contribution in [2.45, 2.75) is 32.2 Å². The predicted molar refractivity (Wildman–Crippen MR) is 104 cm³/mol. The van der Waals surface area contributed by atoms with E-state index in [2.05, 4.69) is 20.3 Å². The Bertz CT molecular complexity index is 845. The largest absolute Gasteiger partial charge is 0.334 e. The van der Waals surface area contributed by atoms with Gasteiger partial charge in [0.15, 0.2) is 0 Å². The molecule has 2 aliphatic heterocycles. The molecule has 1 amide bonds. The average molecular weight is 386 g/mol. The first-order valence-electron chi connectivity index (χ1n) is 10.0. The van der Waals surface area contributed by atoms with Crippen LogP contribution < -0.4 is 5.32 Å². The molecule has 150 valence electrons. The molecule has 2 saturated heterocycles. The van der Waals surface area contributed by atoms with Crippen molar-refractivity contribution in [3.05, 3.63) is 41.7 Å². The number of benzene rings is 1. The zero-order valence-corrected chi connectivity index (χ0v) is 16.4. The second kappa shape index (κ2) is 7.97. The molecule has 2 fully saturated rings. The van der Waals surface area contributed by atoms with E-state index in [1.165, 1.54) is 10.7 Å². The first-order chi connectivity index (χ1) is 13.5. The van der Waals surface area contributed by atoms with Gasteiger partial charge in [0.05, 0.1) is 0 Å². The van der Waals surface area contributed by atoms with Crippen molar-refractivity contribution in [1.29, 1.82) is 0 Å². The van der Waals surface area contributed by atoms with Gasteiger partial charge in [-0.1, -0.05) is 26.0 Å². The van der Waals surface area contributed by atoms with E-state index in [0.717, 1.165) is 32.6 Å². The van der Waals surface area contributed by atoms with Crippen LogP contribution in [0.1, 0.15) is 42.6 Å². The number of rotatable bonds is 4. The number of carbonyl (C=O) groups excluding carboxylic acids is 1. The molecular weight excluding hydrogens is 359 g/mol. The van der Waals surface area contributed by atoms with Crippen molar-refractivity contribution in [2.24, 2.45) is 0 Å². The van der Waals surface area contributed by atoms with Gasteiger partial charge in [-0.3, -0.25) is 9.69 Å². The molecule has 4 rings (SSSR count). The zero-order chi connectivity index (χ0) is 19.7. The van der Waals surface area contributed by atoms with Gasteiger partial charge < -0.3 is 10.2 Å². The lowest BCUT2D eigenvalue weighted by atomic mass is 10.2. The summed E-state index contributed by atoms with van der Waals surface area (Å²) in [6, 6.07) is 6.83. The number of nitrogens with one attached hydrogen (secondary N) is 1. The van der Waals surface area contributed by atoms with Gasteiger partial charge in [-0.05, 0) is 18.6 Å². The molecule has 1 aromatic carbocycles. The molecule has 1 unspecified atom stereocenters. The Morgan fingerprint density at radius 2 is 1.96 bits per heavy atom. The van der Waals surface area contributed by atoms with Crippen molar-refractivity contribution in [3.63, 3.8) is 0 Å². The molecule has 1 N–H and O–H groups in total. The first kappa shape index (κ1) is 19.0. The maximum absolute atomic E-state index is 14.3. The molecule has 3 heterocycles. The highest BCUT2D eigenvalue weighted by molar-refractivity contribution is 5.90. The van der Waals surface area contributed by atoms with Crippen LogP contribution in [0, 0.1) is 5.82 Å². The molecule has 0 saturated carbocycles. The minimum Gasteiger partial charge on any atom is -0.334 e. The SMILES string of the molecule is CC(C)c1nc(C(=O)N2CCC(N3CCNCC3)C2)nn1-c1ccccc1F. The topological polar surface area (TPSA) is 66.3 Å². The summed E-state index contributed by atoms with van der Waals surface area (Å²) in [6.45, 7) is 9.36. The minimum atomic E-state index is -0.381. The fourth-order valence-electron chi connectivity index (χ4n) is 4.00. The van der Waals surface area contributed by atoms with Crippen LogP contribution in [0.4, 0.5) is 4.39 Å². The number of hydrogen-bond donors (Lipinski definition) is 1. The summed E-state index contributed by atoms with van der Waals surface area (Å²) < 4.78 is 15.8. The lowest BCUT2D eigenvalue weighted by Crippen LogP contribution is -2.49. The second-order valence-electron chi connectivity index (χ2n) is 7.79. The van der Waals surface area contributed by atoms with Crippen LogP contribution in [0.3, 0.4) is 0 Å². The summed E-state index contributed by atoms with van der Waals surface area (Å²) in [5.41, 5.74) is 0.317. The number of piperazine rings is 1. The number of carbonyl (C=O) groups is 1. The van der Waals surface area contributed by atoms with E-state index in [1.54, 1.807) is 18.2 Å². The van der Waals surface area contributed by atoms with Crippen molar-refractivity contribution >= 4 is 5.91 Å². The van der Waals surface area contributed by atoms with Crippen molar-refractivity contribution in [3.8, 4) is 5.69 Å². The van der Waals surface area contributed by atoms with Crippen LogP contribution in [0.25, 0.3) is 5.69 Å². The van der Waals surface area contributed by atoms with E-state index in [4.69, 9.17) is 0 Å². The summed E-state index contributed by atoms with van der Waals surface area (Å²) in [5, 5.41) is 7.76. The monoisotopic (exact) mass is 386 g/mol. The molecule has 0 bridgehead atoms. The van der Waals surface area contributed by atoms with E-state index in [1.807, 2.05) is 18.7 Å². The summed E-state index contributed by atoms with van der Waals surface area (Å²) in [6.07, 6.45) is 0.969. The number of likely N-dealkylation sites (tertiary alicyclic amines) is 1. The van der Waals surface area contributed by atoms with Gasteiger partial charge in [0.25, 0.3) is 5.91 Å². The summed E-state index contributed by atoms with van der Waals surface area (Å²) in [4.78, 5) is 21.8. The van der Waals surface area contributed by atoms with E-state index in [-0.39, 0.29) is 23.5 Å². The number of hydrogen-bond acceptors (Lipinski definition) is 5. The maximum atomic E-state index is 14.3. The highest BCUT2D eigenvalue weighted by atomic mass is 19.1. The van der Waals surface area contributed by atoms with Crippen LogP contribution in [0.5, 0.6) is 0 Å². The molecule has 28 heavy (non-hydrogen) atoms. The third kappa shape index (κ3) is 3.66. The van der Waals surface area contributed by atoms with Gasteiger partial charge >= 0.3 is 0 Å². The van der Waals surface area contributed by atoms with Gasteiger partial charge in [0.1, 0.15) is 17.3 Å². The Labute approximate surface area is 164 Å². The van der Waals surface area contributed by atoms with Crippen LogP contribution in [0.15, 0.2) is 24.3 Å². The van der Waals surface area contributed by atoms with Gasteiger partial charge in [-0.25, -0.2) is 14.1 Å². The molecule has 0 aliphatic carbocycles. The maximum Gasteiger partial charge on any atom is 0.293 e. The average Bonchev–Trinajstić information content (AvgIpc) is 3.36. The smallest absolute Gasteiger partial charge is 0.293 e. The standard InChI is InChI=1S/C20H27FN6O/c1-14(2)19-23-18(24-27(19)17-6-4-3-5-16(17)21)20(28)26-10-7-15(13-26)25-11-8-22-9-12-25/h3-6,14-15,22H,7-13H2,1-2H3. The van der Waals surface area contributed by atoms with Crippen LogP contribution in [-0.4, -0.2) is 75.8 Å². The van der Waals surface area contributed by atoms with E-state index < -0.39 is 0 Å². The lowest BCUT2D eigenvalue weighted by molar-refractivity contribution is 0.0761. The first-order valence-corrected chi connectivity index (χ1v) is 10.0. The van der Waals surface area contributed by atoms with Crippen molar-refractivity contribution in [1.82, 2.24) is 29.9 Å². The summed E-state index contributed by atoms with van der Waals surface area (Å²) in [7, 11) is 0. The third-order valence-corrected chi connectivity index (χ3v) is 5.54. The lowest BCUT2D eigenvalue weighted by Gasteiger charge is -2.32. The van der Waals surface area contributed by atoms with E-state index in [0.29, 0.717) is 30.6 Å². The third-order valence-electron chi connectivity index (χ3n) is 5.54. The van der Waals surface area contributed by atoms with Crippen molar-refractivity contribution in [2.75, 3.05) is 39.3 Å². The molecule has 8 heteroatoms. The number of para-hydroxylation sites is 1. The molecule has 1 atom stereocenters. The quantitative estimate of drug-likeness (QED) is 0.866. The fourth-order valence-corrected chi connectivity index (χ4v) is 4.00. The highest BCUT2D eigenvalue weighted by Crippen LogP contribution is 2.22. The molecule has 2 aliphatic rings. The van der Waals surface area contributed by atoms with Gasteiger partial charge in [0.2, 0.25) is 5.82 Å².